The van der Waals surface area contributed by atoms with Gasteiger partial charge in [0.1, 0.15) is 0 Å². The number of nitrogens with zero attached hydrogens (tertiary/aromatic N) is 1. The first-order valence-corrected chi connectivity index (χ1v) is 6.20. The molecule has 1 fully saturated rings. The fraction of sp³-hybridized carbons (Fsp3) is 0.875. The first-order chi connectivity index (χ1) is 6.44. The zero-order valence-corrected chi connectivity index (χ0v) is 9.30. The largest absolute Gasteiger partial charge is 0.355 e. The molecule has 0 aromatic rings. The molecule has 82 valence electrons. The van der Waals surface area contributed by atoms with Crippen LogP contribution in [-0.2, 0) is 14.8 Å². The molecule has 0 spiro atoms. The predicted molar refractivity (Wildman–Crippen MR) is 53.3 cm³/mol. The monoisotopic (exact) mass is 220 g/mol. The lowest BCUT2D eigenvalue weighted by Gasteiger charge is -2.20. The maximum absolute atomic E-state index is 11.7. The van der Waals surface area contributed by atoms with E-state index in [-0.39, 0.29) is 12.5 Å². The van der Waals surface area contributed by atoms with Crippen molar-refractivity contribution in [1.82, 2.24) is 9.62 Å². The van der Waals surface area contributed by atoms with Crippen LogP contribution in [0.1, 0.15) is 20.3 Å². The number of sulfonamides is 1. The molecule has 0 saturated carbocycles. The van der Waals surface area contributed by atoms with Crippen molar-refractivity contribution in [1.29, 1.82) is 0 Å². The van der Waals surface area contributed by atoms with E-state index in [4.69, 9.17) is 0 Å². The quantitative estimate of drug-likeness (QED) is 0.685. The average molecular weight is 220 g/mol. The fourth-order valence-corrected chi connectivity index (χ4v) is 2.57. The van der Waals surface area contributed by atoms with Crippen LogP contribution in [0.15, 0.2) is 0 Å². The zero-order valence-electron chi connectivity index (χ0n) is 8.49. The third-order valence-corrected chi connectivity index (χ3v) is 4.40. The lowest BCUT2D eigenvalue weighted by atomic mass is 10.4. The van der Waals surface area contributed by atoms with Crippen LogP contribution >= 0.6 is 0 Å². The van der Waals surface area contributed by atoms with Gasteiger partial charge in [-0.15, -0.1) is 0 Å². The van der Waals surface area contributed by atoms with Crippen LogP contribution in [0.4, 0.5) is 0 Å². The second kappa shape index (κ2) is 4.27. The summed E-state index contributed by atoms with van der Waals surface area (Å²) in [4.78, 5) is 11.1. The van der Waals surface area contributed by atoms with E-state index in [1.165, 1.54) is 4.31 Å². The predicted octanol–water partition coefficient (Wildman–Crippen LogP) is -0.453. The van der Waals surface area contributed by atoms with Crippen molar-refractivity contribution in [3.05, 3.63) is 0 Å². The maximum Gasteiger partial charge on any atom is 0.235 e. The number of amides is 1. The summed E-state index contributed by atoms with van der Waals surface area (Å²) in [6.45, 7) is 4.19. The molecule has 0 bridgehead atoms. The Morgan fingerprint density at radius 2 is 2.07 bits per heavy atom. The van der Waals surface area contributed by atoms with Crippen LogP contribution in [0.2, 0.25) is 0 Å². The fourth-order valence-electron chi connectivity index (χ4n) is 1.29. The average Bonchev–Trinajstić information content (AvgIpc) is 2.29. The Morgan fingerprint density at radius 3 is 2.64 bits per heavy atom. The minimum absolute atomic E-state index is 0.0412. The Morgan fingerprint density at radius 1 is 1.43 bits per heavy atom. The standard InChI is InChI=1S/C8H16N2O3S/c1-7(2)14(12,13)10-5-3-4-9-8(11)6-10/h7H,3-6H2,1-2H3,(H,9,11). The van der Waals surface area contributed by atoms with E-state index in [2.05, 4.69) is 5.32 Å². The van der Waals surface area contributed by atoms with Gasteiger partial charge in [-0.3, -0.25) is 4.79 Å². The minimum Gasteiger partial charge on any atom is -0.355 e. The summed E-state index contributed by atoms with van der Waals surface area (Å²) < 4.78 is 24.7. The molecular weight excluding hydrogens is 204 g/mol. The Kier molecular flexibility index (Phi) is 3.49. The van der Waals surface area contributed by atoms with Crippen LogP contribution in [0.25, 0.3) is 0 Å². The van der Waals surface area contributed by atoms with Crippen LogP contribution in [-0.4, -0.2) is 43.5 Å². The molecule has 1 heterocycles. The highest BCUT2D eigenvalue weighted by Gasteiger charge is 2.28. The summed E-state index contributed by atoms with van der Waals surface area (Å²) in [5.74, 6) is -0.216. The molecule has 5 nitrogen and oxygen atoms in total. The van der Waals surface area contributed by atoms with Crippen LogP contribution in [0, 0.1) is 0 Å². The Balaban J connectivity index is 2.81. The third-order valence-electron chi connectivity index (χ3n) is 2.18. The van der Waals surface area contributed by atoms with Crippen LogP contribution in [0.3, 0.4) is 0 Å². The third kappa shape index (κ3) is 2.45. The summed E-state index contributed by atoms with van der Waals surface area (Å²) in [6.07, 6.45) is 0.678. The van der Waals surface area contributed by atoms with Gasteiger partial charge in [0.05, 0.1) is 11.8 Å². The molecule has 1 aliphatic rings. The summed E-state index contributed by atoms with van der Waals surface area (Å²) in [5.41, 5.74) is 0. The van der Waals surface area contributed by atoms with Crippen molar-refractivity contribution in [2.75, 3.05) is 19.6 Å². The Labute approximate surface area is 84.5 Å². The number of nitrogens with one attached hydrogen (secondary N) is 1. The van der Waals surface area contributed by atoms with E-state index in [1.807, 2.05) is 0 Å². The molecule has 1 N–H and O–H groups in total. The second-order valence-corrected chi connectivity index (χ2v) is 6.12. The molecule has 0 aromatic heterocycles. The van der Waals surface area contributed by atoms with Gasteiger partial charge in [-0.05, 0) is 20.3 Å². The number of rotatable bonds is 2. The summed E-state index contributed by atoms with van der Waals surface area (Å²) in [7, 11) is -3.28. The molecule has 1 saturated heterocycles. The van der Waals surface area contributed by atoms with Crippen molar-refractivity contribution in [3.63, 3.8) is 0 Å². The van der Waals surface area contributed by atoms with E-state index in [0.717, 1.165) is 0 Å². The number of hydrogen-bond donors (Lipinski definition) is 1. The highest BCUT2D eigenvalue weighted by atomic mass is 32.2. The van der Waals surface area contributed by atoms with E-state index >= 15 is 0 Å². The number of hydrogen-bond acceptors (Lipinski definition) is 3. The lowest BCUT2D eigenvalue weighted by Crippen LogP contribution is -2.40. The van der Waals surface area contributed by atoms with Gasteiger partial charge in [0.15, 0.2) is 0 Å². The zero-order chi connectivity index (χ0) is 10.8. The molecule has 0 atom stereocenters. The van der Waals surface area contributed by atoms with Gasteiger partial charge in [-0.1, -0.05) is 0 Å². The summed E-state index contributed by atoms with van der Waals surface area (Å²) in [5, 5.41) is 2.18. The number of carbonyl (C=O) groups excluding carboxylic acids is 1. The molecule has 14 heavy (non-hydrogen) atoms. The van der Waals surface area contributed by atoms with E-state index < -0.39 is 15.3 Å². The second-order valence-electron chi connectivity index (χ2n) is 3.63. The molecule has 1 aliphatic heterocycles. The molecule has 6 heteroatoms. The smallest absolute Gasteiger partial charge is 0.235 e. The van der Waals surface area contributed by atoms with Gasteiger partial charge in [-0.25, -0.2) is 8.42 Å². The molecule has 0 radical (unpaired) electrons. The van der Waals surface area contributed by atoms with Crippen molar-refractivity contribution in [2.45, 2.75) is 25.5 Å². The molecule has 0 aromatic carbocycles. The Bertz CT molecular complexity index is 311. The first kappa shape index (κ1) is 11.5. The topological polar surface area (TPSA) is 66.5 Å². The molecular formula is C8H16N2O3S. The Hall–Kier alpha value is -0.620. The lowest BCUT2D eigenvalue weighted by molar-refractivity contribution is -0.120. The SMILES string of the molecule is CC(C)S(=O)(=O)N1CCCNC(=O)C1. The minimum atomic E-state index is -3.28. The van der Waals surface area contributed by atoms with E-state index in [1.54, 1.807) is 13.8 Å². The van der Waals surface area contributed by atoms with Gasteiger partial charge < -0.3 is 5.32 Å². The normalized spacial score (nSPS) is 20.6. The van der Waals surface area contributed by atoms with Gasteiger partial charge >= 0.3 is 0 Å². The van der Waals surface area contributed by atoms with Crippen molar-refractivity contribution in [3.8, 4) is 0 Å². The van der Waals surface area contributed by atoms with Crippen molar-refractivity contribution >= 4 is 15.9 Å². The van der Waals surface area contributed by atoms with E-state index in [9.17, 15) is 13.2 Å². The highest BCUT2D eigenvalue weighted by molar-refractivity contribution is 7.89. The van der Waals surface area contributed by atoms with Gasteiger partial charge in [0.25, 0.3) is 0 Å². The maximum atomic E-state index is 11.7. The van der Waals surface area contributed by atoms with Crippen molar-refractivity contribution < 1.29 is 13.2 Å². The summed E-state index contributed by atoms with van der Waals surface area (Å²) in [6, 6.07) is 0. The van der Waals surface area contributed by atoms with Crippen LogP contribution < -0.4 is 5.32 Å². The molecule has 1 rings (SSSR count). The molecule has 1 amide bonds. The highest BCUT2D eigenvalue weighted by Crippen LogP contribution is 2.10. The van der Waals surface area contributed by atoms with Gasteiger partial charge in [-0.2, -0.15) is 4.31 Å². The van der Waals surface area contributed by atoms with Gasteiger partial charge in [0, 0.05) is 13.1 Å². The first-order valence-electron chi connectivity index (χ1n) is 4.70. The summed E-state index contributed by atoms with van der Waals surface area (Å²) >= 11 is 0. The number of carbonyl (C=O) groups is 1. The molecule has 0 aliphatic carbocycles. The molecule has 0 unspecified atom stereocenters. The van der Waals surface area contributed by atoms with Crippen LogP contribution in [0.5, 0.6) is 0 Å². The van der Waals surface area contributed by atoms with E-state index in [0.29, 0.717) is 19.5 Å². The van der Waals surface area contributed by atoms with Crippen molar-refractivity contribution in [2.24, 2.45) is 0 Å². The van der Waals surface area contributed by atoms with Gasteiger partial charge in [0.2, 0.25) is 15.9 Å².